The van der Waals surface area contributed by atoms with E-state index in [-0.39, 0.29) is 10.8 Å². The maximum Gasteiger partial charge on any atom is 0.0722 e. The van der Waals surface area contributed by atoms with Crippen LogP contribution in [0.15, 0.2) is 77.9 Å². The predicted molar refractivity (Wildman–Crippen MR) is 217 cm³/mol. The van der Waals surface area contributed by atoms with Gasteiger partial charge in [-0.15, -0.1) is 0 Å². The second-order valence-electron chi connectivity index (χ2n) is 18.5. The Morgan fingerprint density at radius 2 is 1.22 bits per heavy atom. The molecule has 0 amide bonds. The molecule has 1 heteroatoms. The van der Waals surface area contributed by atoms with Crippen LogP contribution in [0.25, 0.3) is 34.4 Å². The summed E-state index contributed by atoms with van der Waals surface area (Å²) in [6.45, 7) is 29.1. The Balaban J connectivity index is 1.37. The summed E-state index contributed by atoms with van der Waals surface area (Å²) in [7, 11) is -2.04. The highest BCUT2D eigenvalue weighted by Crippen LogP contribution is 2.57. The molecular weight excluding hydrogens is 605 g/mol. The van der Waals surface area contributed by atoms with E-state index < -0.39 is 8.07 Å². The van der Waals surface area contributed by atoms with Crippen LogP contribution in [0.1, 0.15) is 130 Å². The van der Waals surface area contributed by atoms with Crippen LogP contribution in [0.3, 0.4) is 0 Å². The molecular formula is C48H58Si. The summed E-state index contributed by atoms with van der Waals surface area (Å²) < 4.78 is 0. The standard InChI is InChI=1S/C48H58Si/c1-29(2)40-28-41-37(32-19-23-34(24-20-32)47(5,6)7)16-14-18-39(41)46(40)49(11,12)45-30(3)27-42-43(45)31(4)36-15-13-17-38(36)44(42)33-21-25-35(26-22-33)48(8,9)10/h14,16,18-29,45-46H,13,15,17H2,1-12H3. The van der Waals surface area contributed by atoms with Gasteiger partial charge in [-0.3, -0.25) is 0 Å². The zero-order valence-corrected chi connectivity index (χ0v) is 33.4. The zero-order chi connectivity index (χ0) is 35.2. The van der Waals surface area contributed by atoms with Gasteiger partial charge in [-0.1, -0.05) is 159 Å². The fourth-order valence-electron chi connectivity index (χ4n) is 9.91. The lowest BCUT2D eigenvalue weighted by molar-refractivity contribution is 0.590. The molecule has 0 saturated carbocycles. The quantitative estimate of drug-likeness (QED) is 0.187. The second kappa shape index (κ2) is 11.8. The van der Waals surface area contributed by atoms with Crippen LogP contribution < -0.4 is 0 Å². The van der Waals surface area contributed by atoms with E-state index >= 15 is 0 Å². The lowest BCUT2D eigenvalue weighted by Gasteiger charge is -2.41. The van der Waals surface area contributed by atoms with Gasteiger partial charge in [-0.05, 0) is 122 Å². The Morgan fingerprint density at radius 3 is 1.80 bits per heavy atom. The van der Waals surface area contributed by atoms with Crippen molar-refractivity contribution in [3.63, 3.8) is 0 Å². The van der Waals surface area contributed by atoms with Gasteiger partial charge in [0, 0.05) is 11.1 Å². The molecule has 7 rings (SSSR count). The van der Waals surface area contributed by atoms with Gasteiger partial charge >= 0.3 is 0 Å². The first-order valence-electron chi connectivity index (χ1n) is 18.9. The summed E-state index contributed by atoms with van der Waals surface area (Å²) in [5.74, 6) is 0.503. The molecule has 0 nitrogen and oxygen atoms in total. The van der Waals surface area contributed by atoms with Crippen molar-refractivity contribution in [3.05, 3.63) is 128 Å². The first-order valence-corrected chi connectivity index (χ1v) is 22.1. The fraction of sp³-hybridized carbons (Fsp3) is 0.417. The van der Waals surface area contributed by atoms with Crippen molar-refractivity contribution in [3.8, 4) is 22.3 Å². The molecule has 4 aromatic rings. The topological polar surface area (TPSA) is 0 Å². The van der Waals surface area contributed by atoms with E-state index in [4.69, 9.17) is 0 Å². The fourth-order valence-corrected chi connectivity index (χ4v) is 14.9. The highest BCUT2D eigenvalue weighted by molar-refractivity contribution is 6.81. The average Bonchev–Trinajstić information content (AvgIpc) is 3.77. The van der Waals surface area contributed by atoms with Crippen LogP contribution in [0, 0.1) is 12.8 Å². The number of hydrogen-bond donors (Lipinski definition) is 0. The minimum absolute atomic E-state index is 0.152. The Kier molecular flexibility index (Phi) is 8.22. The van der Waals surface area contributed by atoms with E-state index in [0.29, 0.717) is 17.0 Å². The summed E-state index contributed by atoms with van der Waals surface area (Å²) in [6.07, 6.45) is 8.92. The van der Waals surface area contributed by atoms with Crippen molar-refractivity contribution in [2.45, 2.75) is 124 Å². The van der Waals surface area contributed by atoms with Gasteiger partial charge < -0.3 is 0 Å². The molecule has 0 aromatic heterocycles. The molecule has 0 N–H and O–H groups in total. The van der Waals surface area contributed by atoms with Crippen LogP contribution in [0.4, 0.5) is 0 Å². The third kappa shape index (κ3) is 5.56. The molecule has 0 spiro atoms. The van der Waals surface area contributed by atoms with E-state index in [0.717, 1.165) is 0 Å². The van der Waals surface area contributed by atoms with Gasteiger partial charge in [0.05, 0.1) is 8.07 Å². The van der Waals surface area contributed by atoms with Gasteiger partial charge in [0.2, 0.25) is 0 Å². The Hall–Kier alpha value is -3.42. The van der Waals surface area contributed by atoms with Crippen LogP contribution >= 0.6 is 0 Å². The molecule has 3 aliphatic carbocycles. The number of benzene rings is 4. The monoisotopic (exact) mass is 662 g/mol. The summed E-state index contributed by atoms with van der Waals surface area (Å²) in [6, 6.07) is 26.2. The SMILES string of the molecule is CC1=Cc2c(-c3ccc(C(C)(C)C)cc3)c3c(c(C)c2C1[Si](C)(C)C1C(C(C)C)=Cc2c(-c4ccc(C(C)(C)C)cc4)cccc21)CCC3. The maximum absolute atomic E-state index is 2.72. The molecule has 0 saturated heterocycles. The van der Waals surface area contributed by atoms with Crippen LogP contribution in [-0.2, 0) is 23.7 Å². The normalized spacial score (nSPS) is 18.8. The third-order valence-electron chi connectivity index (χ3n) is 12.4. The smallest absolute Gasteiger partial charge is 0.0679 e. The molecule has 2 atom stereocenters. The van der Waals surface area contributed by atoms with E-state index in [2.05, 4.69) is 161 Å². The minimum Gasteiger partial charge on any atom is -0.0679 e. The van der Waals surface area contributed by atoms with Crippen molar-refractivity contribution in [2.24, 2.45) is 5.92 Å². The molecule has 0 fully saturated rings. The van der Waals surface area contributed by atoms with E-state index in [1.807, 2.05) is 0 Å². The van der Waals surface area contributed by atoms with Crippen LogP contribution in [-0.4, -0.2) is 8.07 Å². The lowest BCUT2D eigenvalue weighted by Crippen LogP contribution is -2.43. The van der Waals surface area contributed by atoms with Crippen molar-refractivity contribution in [1.29, 1.82) is 0 Å². The van der Waals surface area contributed by atoms with Gasteiger partial charge in [0.25, 0.3) is 0 Å². The summed E-state index contributed by atoms with van der Waals surface area (Å²) >= 11 is 0. The van der Waals surface area contributed by atoms with Crippen molar-refractivity contribution in [1.82, 2.24) is 0 Å². The second-order valence-corrected chi connectivity index (χ2v) is 23.3. The van der Waals surface area contributed by atoms with Gasteiger partial charge in [0.15, 0.2) is 0 Å². The molecule has 3 aliphatic rings. The van der Waals surface area contributed by atoms with E-state index in [9.17, 15) is 0 Å². The van der Waals surface area contributed by atoms with Gasteiger partial charge in [-0.25, -0.2) is 0 Å². The highest BCUT2D eigenvalue weighted by Gasteiger charge is 2.49. The molecule has 49 heavy (non-hydrogen) atoms. The third-order valence-corrected chi connectivity index (χ3v) is 16.8. The largest absolute Gasteiger partial charge is 0.0722 e. The number of rotatable bonds is 5. The summed E-state index contributed by atoms with van der Waals surface area (Å²) in [4.78, 5) is 0. The first kappa shape index (κ1) is 34.0. The zero-order valence-electron chi connectivity index (χ0n) is 32.4. The summed E-state index contributed by atoms with van der Waals surface area (Å²) in [5, 5.41) is 0. The lowest BCUT2D eigenvalue weighted by atomic mass is 9.83. The van der Waals surface area contributed by atoms with Crippen LogP contribution in [0.2, 0.25) is 13.1 Å². The molecule has 0 radical (unpaired) electrons. The van der Waals surface area contributed by atoms with E-state index in [1.54, 1.807) is 39.0 Å². The molecule has 254 valence electrons. The van der Waals surface area contributed by atoms with Crippen molar-refractivity contribution < 1.29 is 0 Å². The molecule has 4 aromatic carbocycles. The number of allylic oxidation sites excluding steroid dienone is 2. The molecule has 0 bridgehead atoms. The van der Waals surface area contributed by atoms with Crippen molar-refractivity contribution >= 4 is 20.2 Å². The van der Waals surface area contributed by atoms with Gasteiger partial charge in [-0.2, -0.15) is 0 Å². The first-order chi connectivity index (χ1) is 23.0. The molecule has 2 unspecified atom stereocenters. The predicted octanol–water partition coefficient (Wildman–Crippen LogP) is 13.5. The Labute approximate surface area is 298 Å². The Bertz CT molecular complexity index is 2000. The van der Waals surface area contributed by atoms with E-state index in [1.165, 1.54) is 63.8 Å². The number of fused-ring (bicyclic) bond motifs is 3. The van der Waals surface area contributed by atoms with Crippen molar-refractivity contribution in [2.75, 3.05) is 0 Å². The minimum atomic E-state index is -2.04. The number of hydrogen-bond acceptors (Lipinski definition) is 0. The van der Waals surface area contributed by atoms with Crippen LogP contribution in [0.5, 0.6) is 0 Å². The highest BCUT2D eigenvalue weighted by atomic mass is 28.3. The Morgan fingerprint density at radius 1 is 0.653 bits per heavy atom. The maximum atomic E-state index is 2.72. The molecule has 0 aliphatic heterocycles. The average molecular weight is 663 g/mol. The van der Waals surface area contributed by atoms with Gasteiger partial charge in [0.1, 0.15) is 0 Å². The molecule has 0 heterocycles. The summed E-state index contributed by atoms with van der Waals surface area (Å²) in [5.41, 5.74) is 24.1.